The molecule has 2 N–H and O–H groups in total. The highest BCUT2D eigenvalue weighted by molar-refractivity contribution is 6.08. The molecule has 0 aliphatic heterocycles. The Bertz CT molecular complexity index is 736. The van der Waals surface area contributed by atoms with E-state index < -0.39 is 5.91 Å². The van der Waals surface area contributed by atoms with Crippen molar-refractivity contribution in [2.45, 2.75) is 20.3 Å². The van der Waals surface area contributed by atoms with Crippen LogP contribution in [0.4, 0.5) is 11.4 Å². The van der Waals surface area contributed by atoms with E-state index in [0.717, 1.165) is 5.56 Å². The third-order valence-corrected chi connectivity index (χ3v) is 3.20. The van der Waals surface area contributed by atoms with Gasteiger partial charge in [-0.1, -0.05) is 12.1 Å². The van der Waals surface area contributed by atoms with Gasteiger partial charge < -0.3 is 10.6 Å². The predicted octanol–water partition coefficient (Wildman–Crippen LogP) is 3.16. The summed E-state index contributed by atoms with van der Waals surface area (Å²) in [6, 6.07) is 13.9. The van der Waals surface area contributed by atoms with Crippen LogP contribution in [0.3, 0.4) is 0 Å². The van der Waals surface area contributed by atoms with E-state index in [9.17, 15) is 14.4 Å². The van der Waals surface area contributed by atoms with Gasteiger partial charge in [0.2, 0.25) is 11.8 Å². The number of nitrogens with one attached hydrogen (secondary N) is 2. The van der Waals surface area contributed by atoms with Gasteiger partial charge >= 0.3 is 0 Å². The summed E-state index contributed by atoms with van der Waals surface area (Å²) in [6.07, 6.45) is -0.275. The van der Waals surface area contributed by atoms with Crippen molar-refractivity contribution in [1.82, 2.24) is 0 Å². The molecule has 2 aromatic carbocycles. The van der Waals surface area contributed by atoms with Gasteiger partial charge in [0.15, 0.2) is 5.78 Å². The number of Topliss-reactive ketones (excluding diaryl/α,β-unsaturated/α-hetero) is 1. The lowest BCUT2D eigenvalue weighted by Crippen LogP contribution is -2.21. The highest BCUT2D eigenvalue weighted by Gasteiger charge is 2.10. The molecule has 0 radical (unpaired) electrons. The lowest BCUT2D eigenvalue weighted by atomic mass is 10.1. The van der Waals surface area contributed by atoms with Crippen LogP contribution >= 0.6 is 0 Å². The van der Waals surface area contributed by atoms with Gasteiger partial charge in [-0.3, -0.25) is 14.4 Å². The first kappa shape index (κ1) is 16.4. The van der Waals surface area contributed by atoms with Crippen LogP contribution in [0.1, 0.15) is 29.3 Å². The second kappa shape index (κ2) is 7.35. The monoisotopic (exact) mass is 310 g/mol. The van der Waals surface area contributed by atoms with Crippen molar-refractivity contribution in [3.05, 3.63) is 59.7 Å². The lowest BCUT2D eigenvalue weighted by Gasteiger charge is -2.07. The van der Waals surface area contributed by atoms with Crippen LogP contribution in [0.5, 0.6) is 0 Å². The van der Waals surface area contributed by atoms with E-state index in [1.165, 1.54) is 6.92 Å². The van der Waals surface area contributed by atoms with Crippen molar-refractivity contribution < 1.29 is 14.4 Å². The summed E-state index contributed by atoms with van der Waals surface area (Å²) in [5, 5.41) is 5.30. The molecule has 0 heterocycles. The molecule has 0 fully saturated rings. The lowest BCUT2D eigenvalue weighted by molar-refractivity contribution is -0.123. The molecule has 0 aromatic heterocycles. The molecule has 0 atom stereocenters. The number of anilines is 2. The number of carbonyl (C=O) groups excluding carboxylic acids is 3. The predicted molar refractivity (Wildman–Crippen MR) is 89.5 cm³/mol. The molecule has 5 heteroatoms. The third kappa shape index (κ3) is 5.07. The number of benzene rings is 2. The molecule has 2 rings (SSSR count). The van der Waals surface area contributed by atoms with Gasteiger partial charge in [0.25, 0.3) is 0 Å². The molecule has 0 saturated heterocycles. The smallest absolute Gasteiger partial charge is 0.233 e. The summed E-state index contributed by atoms with van der Waals surface area (Å²) in [5.74, 6) is -0.834. The van der Waals surface area contributed by atoms with Gasteiger partial charge in [-0.2, -0.15) is 0 Å². The summed E-state index contributed by atoms with van der Waals surface area (Å²) in [5.41, 5.74) is 2.80. The molecule has 0 spiro atoms. The molecule has 0 aliphatic rings. The molecular weight excluding hydrogens is 292 g/mol. The van der Waals surface area contributed by atoms with Crippen LogP contribution in [0.25, 0.3) is 0 Å². The van der Waals surface area contributed by atoms with Crippen LogP contribution in [0.2, 0.25) is 0 Å². The highest BCUT2D eigenvalue weighted by Crippen LogP contribution is 2.12. The van der Waals surface area contributed by atoms with Crippen molar-refractivity contribution in [3.8, 4) is 0 Å². The number of amides is 2. The Hall–Kier alpha value is -2.95. The molecule has 0 unspecified atom stereocenters. The Morgan fingerprint density at radius 1 is 0.870 bits per heavy atom. The van der Waals surface area contributed by atoms with Crippen molar-refractivity contribution in [2.75, 3.05) is 10.6 Å². The van der Waals surface area contributed by atoms with Gasteiger partial charge in [0, 0.05) is 16.9 Å². The van der Waals surface area contributed by atoms with Gasteiger partial charge in [0.05, 0.1) is 0 Å². The fourth-order valence-electron chi connectivity index (χ4n) is 2.07. The maximum absolute atomic E-state index is 11.9. The zero-order chi connectivity index (χ0) is 16.8. The molecule has 118 valence electrons. The van der Waals surface area contributed by atoms with Gasteiger partial charge in [-0.15, -0.1) is 0 Å². The molecule has 2 amide bonds. The normalized spacial score (nSPS) is 10.0. The molecular formula is C18H18N2O3. The van der Waals surface area contributed by atoms with Crippen molar-refractivity contribution >= 4 is 29.0 Å². The Morgan fingerprint density at radius 3 is 2.04 bits per heavy atom. The topological polar surface area (TPSA) is 75.3 Å². The number of ketones is 1. The average Bonchev–Trinajstić information content (AvgIpc) is 2.47. The largest absolute Gasteiger partial charge is 0.326 e. The second-order valence-electron chi connectivity index (χ2n) is 5.28. The molecule has 0 aliphatic carbocycles. The number of rotatable bonds is 5. The van der Waals surface area contributed by atoms with E-state index in [4.69, 9.17) is 0 Å². The summed E-state index contributed by atoms with van der Waals surface area (Å²) >= 11 is 0. The van der Waals surface area contributed by atoms with E-state index >= 15 is 0 Å². The first-order valence-electron chi connectivity index (χ1n) is 7.21. The number of hydrogen-bond acceptors (Lipinski definition) is 3. The molecule has 23 heavy (non-hydrogen) atoms. The fraction of sp³-hybridized carbons (Fsp3) is 0.167. The van der Waals surface area contributed by atoms with E-state index in [1.807, 2.05) is 25.1 Å². The summed E-state index contributed by atoms with van der Waals surface area (Å²) in [6.45, 7) is 3.40. The van der Waals surface area contributed by atoms with Crippen molar-refractivity contribution in [1.29, 1.82) is 0 Å². The minimum absolute atomic E-state index is 0.0413. The number of hydrogen-bond donors (Lipinski definition) is 2. The number of aryl methyl sites for hydroxylation is 1. The van der Waals surface area contributed by atoms with Crippen LogP contribution in [-0.4, -0.2) is 17.6 Å². The summed E-state index contributed by atoms with van der Waals surface area (Å²) in [4.78, 5) is 34.9. The first-order chi connectivity index (χ1) is 10.9. The van der Waals surface area contributed by atoms with Crippen molar-refractivity contribution in [2.24, 2.45) is 0 Å². The van der Waals surface area contributed by atoms with Gasteiger partial charge in [-0.25, -0.2) is 0 Å². The van der Waals surface area contributed by atoms with E-state index in [1.54, 1.807) is 30.3 Å². The van der Waals surface area contributed by atoms with Crippen molar-refractivity contribution in [3.63, 3.8) is 0 Å². The van der Waals surface area contributed by atoms with Gasteiger partial charge in [0.1, 0.15) is 6.42 Å². The van der Waals surface area contributed by atoms with E-state index in [-0.39, 0.29) is 18.1 Å². The minimum atomic E-state index is -0.411. The molecule has 0 saturated carbocycles. The summed E-state index contributed by atoms with van der Waals surface area (Å²) in [7, 11) is 0. The van der Waals surface area contributed by atoms with Crippen LogP contribution in [-0.2, 0) is 9.59 Å². The maximum Gasteiger partial charge on any atom is 0.233 e. The SMILES string of the molecule is CC(=O)c1ccc(NC(=O)CC(=O)Nc2cccc(C)c2)cc1. The number of carbonyl (C=O) groups is 3. The average molecular weight is 310 g/mol. The standard InChI is InChI=1S/C18H18N2O3/c1-12-4-3-5-16(10-12)20-18(23)11-17(22)19-15-8-6-14(7-9-15)13(2)21/h3-10H,11H2,1-2H3,(H,19,22)(H,20,23). The molecule has 5 nitrogen and oxygen atoms in total. The van der Waals surface area contributed by atoms with E-state index in [2.05, 4.69) is 10.6 Å². The Labute approximate surface area is 134 Å². The second-order valence-corrected chi connectivity index (χ2v) is 5.28. The maximum atomic E-state index is 11.9. The zero-order valence-electron chi connectivity index (χ0n) is 13.1. The Morgan fingerprint density at radius 2 is 1.48 bits per heavy atom. The summed E-state index contributed by atoms with van der Waals surface area (Å²) < 4.78 is 0. The van der Waals surface area contributed by atoms with E-state index in [0.29, 0.717) is 16.9 Å². The fourth-order valence-corrected chi connectivity index (χ4v) is 2.07. The minimum Gasteiger partial charge on any atom is -0.326 e. The van der Waals surface area contributed by atoms with Crippen LogP contribution in [0, 0.1) is 6.92 Å². The van der Waals surface area contributed by atoms with Crippen LogP contribution < -0.4 is 10.6 Å². The molecule has 0 bridgehead atoms. The van der Waals surface area contributed by atoms with Gasteiger partial charge in [-0.05, 0) is 55.8 Å². The Balaban J connectivity index is 1.88. The Kier molecular flexibility index (Phi) is 5.25. The highest BCUT2D eigenvalue weighted by atomic mass is 16.2. The van der Waals surface area contributed by atoms with Crippen LogP contribution in [0.15, 0.2) is 48.5 Å². The zero-order valence-corrected chi connectivity index (χ0v) is 13.1. The molecule has 2 aromatic rings. The first-order valence-corrected chi connectivity index (χ1v) is 7.21. The third-order valence-electron chi connectivity index (χ3n) is 3.20. The quantitative estimate of drug-likeness (QED) is 0.658.